The summed E-state index contributed by atoms with van der Waals surface area (Å²) in [6.45, 7) is 2.36. The molecule has 0 fully saturated rings. The summed E-state index contributed by atoms with van der Waals surface area (Å²) in [5.74, 6) is 0.174. The van der Waals surface area contributed by atoms with E-state index in [2.05, 4.69) is 5.32 Å². The van der Waals surface area contributed by atoms with Gasteiger partial charge >= 0.3 is 6.18 Å². The number of alkyl halides is 3. The van der Waals surface area contributed by atoms with Gasteiger partial charge in [-0.1, -0.05) is 24.3 Å². The van der Waals surface area contributed by atoms with Gasteiger partial charge in [-0.15, -0.1) is 0 Å². The summed E-state index contributed by atoms with van der Waals surface area (Å²) in [5, 5.41) is 3.01. The number of carbonyl (C=O) groups is 1. The highest BCUT2D eigenvalue weighted by Crippen LogP contribution is 2.29. The quantitative estimate of drug-likeness (QED) is 0.754. The van der Waals surface area contributed by atoms with Crippen LogP contribution in [0.25, 0.3) is 0 Å². The zero-order chi connectivity index (χ0) is 19.2. The normalized spacial score (nSPS) is 12.6. The van der Waals surface area contributed by atoms with E-state index in [9.17, 15) is 18.0 Å². The minimum absolute atomic E-state index is 0.0565. The second-order valence-corrected chi connectivity index (χ2v) is 5.96. The number of nitrogens with two attached hydrogens (primary N) is 1. The Bertz CT molecular complexity index is 730. The molecule has 0 bridgehead atoms. The molecule has 0 saturated heterocycles. The molecule has 1 amide bonds. The van der Waals surface area contributed by atoms with Crippen molar-refractivity contribution in [3.05, 3.63) is 65.2 Å². The molecular weight excluding hydrogens is 345 g/mol. The first-order valence-electron chi connectivity index (χ1n) is 8.16. The fourth-order valence-electron chi connectivity index (χ4n) is 2.29. The molecule has 1 unspecified atom stereocenters. The number of hydrogen-bond donors (Lipinski definition) is 2. The molecule has 26 heavy (non-hydrogen) atoms. The number of halogens is 3. The van der Waals surface area contributed by atoms with Crippen molar-refractivity contribution in [3.8, 4) is 5.75 Å². The number of carbonyl (C=O) groups excluding carboxylic acids is 1. The summed E-state index contributed by atoms with van der Waals surface area (Å²) >= 11 is 0. The van der Waals surface area contributed by atoms with Gasteiger partial charge in [0.1, 0.15) is 12.4 Å². The molecule has 2 aromatic rings. The first-order valence-corrected chi connectivity index (χ1v) is 8.16. The molecule has 0 heterocycles. The van der Waals surface area contributed by atoms with Crippen LogP contribution in [0, 0.1) is 0 Å². The van der Waals surface area contributed by atoms with Gasteiger partial charge in [-0.2, -0.15) is 13.2 Å². The maximum absolute atomic E-state index is 12.7. The Hall–Kier alpha value is -2.54. The molecule has 0 spiro atoms. The number of hydrogen-bond acceptors (Lipinski definition) is 3. The highest BCUT2D eigenvalue weighted by molar-refractivity contribution is 5.79. The minimum atomic E-state index is -4.36. The molecule has 2 rings (SSSR count). The van der Waals surface area contributed by atoms with Gasteiger partial charge in [-0.25, -0.2) is 0 Å². The highest BCUT2D eigenvalue weighted by atomic mass is 19.4. The van der Waals surface area contributed by atoms with Gasteiger partial charge in [0.25, 0.3) is 0 Å². The van der Waals surface area contributed by atoms with Crippen LogP contribution in [0.4, 0.5) is 13.2 Å². The SMILES string of the molecule is CC(NCCc1ccc(OCc2cccc(C(F)(F)F)c2)cc1)C(N)=O. The number of rotatable bonds is 8. The number of ether oxygens (including phenoxy) is 1. The Morgan fingerprint density at radius 1 is 1.15 bits per heavy atom. The predicted molar refractivity (Wildman–Crippen MR) is 92.6 cm³/mol. The maximum Gasteiger partial charge on any atom is 0.416 e. The van der Waals surface area contributed by atoms with Gasteiger partial charge in [0.05, 0.1) is 11.6 Å². The van der Waals surface area contributed by atoms with Gasteiger partial charge in [0, 0.05) is 0 Å². The van der Waals surface area contributed by atoms with Crippen LogP contribution in [0.2, 0.25) is 0 Å². The molecule has 4 nitrogen and oxygen atoms in total. The van der Waals surface area contributed by atoms with Crippen molar-refractivity contribution in [1.29, 1.82) is 0 Å². The molecule has 0 radical (unpaired) electrons. The molecule has 3 N–H and O–H groups in total. The van der Waals surface area contributed by atoms with Crippen LogP contribution < -0.4 is 15.8 Å². The summed E-state index contributed by atoms with van der Waals surface area (Å²) < 4.78 is 43.6. The van der Waals surface area contributed by atoms with Gasteiger partial charge in [-0.3, -0.25) is 4.79 Å². The second-order valence-electron chi connectivity index (χ2n) is 5.96. The highest BCUT2D eigenvalue weighted by Gasteiger charge is 2.30. The summed E-state index contributed by atoms with van der Waals surface area (Å²) in [6, 6.07) is 12.0. The van der Waals surface area contributed by atoms with Crippen LogP contribution in [0.15, 0.2) is 48.5 Å². The third-order valence-corrected chi connectivity index (χ3v) is 3.87. The zero-order valence-corrected chi connectivity index (χ0v) is 14.3. The maximum atomic E-state index is 12.7. The Labute approximate surface area is 150 Å². The van der Waals surface area contributed by atoms with Crippen LogP contribution in [0.5, 0.6) is 5.75 Å². The van der Waals surface area contributed by atoms with E-state index < -0.39 is 17.6 Å². The van der Waals surface area contributed by atoms with E-state index >= 15 is 0 Å². The topological polar surface area (TPSA) is 64.3 Å². The predicted octanol–water partition coefficient (Wildman–Crippen LogP) is 3.29. The Morgan fingerprint density at radius 3 is 2.46 bits per heavy atom. The Morgan fingerprint density at radius 2 is 1.85 bits per heavy atom. The van der Waals surface area contributed by atoms with E-state index in [1.165, 1.54) is 6.07 Å². The molecule has 0 aliphatic carbocycles. The van der Waals surface area contributed by atoms with Crippen molar-refractivity contribution in [2.75, 3.05) is 6.54 Å². The van der Waals surface area contributed by atoms with E-state index in [1.807, 2.05) is 12.1 Å². The first kappa shape index (κ1) is 19.8. The fraction of sp³-hybridized carbons (Fsp3) is 0.316. The van der Waals surface area contributed by atoms with Crippen molar-refractivity contribution in [3.63, 3.8) is 0 Å². The first-order chi connectivity index (χ1) is 12.3. The van der Waals surface area contributed by atoms with E-state index in [4.69, 9.17) is 10.5 Å². The van der Waals surface area contributed by atoms with Crippen molar-refractivity contribution in [2.45, 2.75) is 32.2 Å². The lowest BCUT2D eigenvalue weighted by Crippen LogP contribution is -2.39. The van der Waals surface area contributed by atoms with Crippen LogP contribution >= 0.6 is 0 Å². The largest absolute Gasteiger partial charge is 0.489 e. The lowest BCUT2D eigenvalue weighted by atomic mass is 10.1. The van der Waals surface area contributed by atoms with E-state index in [-0.39, 0.29) is 12.6 Å². The molecule has 2 aromatic carbocycles. The van der Waals surface area contributed by atoms with E-state index in [1.54, 1.807) is 25.1 Å². The lowest BCUT2D eigenvalue weighted by molar-refractivity contribution is -0.137. The van der Waals surface area contributed by atoms with Gasteiger partial charge in [0.2, 0.25) is 5.91 Å². The second kappa shape index (κ2) is 8.71. The average molecular weight is 366 g/mol. The molecule has 0 saturated carbocycles. The number of amides is 1. The molecule has 0 aliphatic heterocycles. The monoisotopic (exact) mass is 366 g/mol. The van der Waals surface area contributed by atoms with Crippen molar-refractivity contribution < 1.29 is 22.7 Å². The molecule has 0 aromatic heterocycles. The third kappa shape index (κ3) is 6.07. The smallest absolute Gasteiger partial charge is 0.416 e. The van der Waals surface area contributed by atoms with Gasteiger partial charge in [-0.05, 0) is 55.3 Å². The van der Waals surface area contributed by atoms with Crippen LogP contribution in [0.3, 0.4) is 0 Å². The van der Waals surface area contributed by atoms with E-state index in [0.717, 1.165) is 17.7 Å². The standard InChI is InChI=1S/C19H21F3N2O2/c1-13(18(23)25)24-10-9-14-5-7-17(8-6-14)26-12-15-3-2-4-16(11-15)19(20,21)22/h2-8,11,13,24H,9-10,12H2,1H3,(H2,23,25). The van der Waals surface area contributed by atoms with Gasteiger partial charge < -0.3 is 15.8 Å². The Kier molecular flexibility index (Phi) is 6.63. The molecule has 140 valence electrons. The summed E-state index contributed by atoms with van der Waals surface area (Å²) in [6.07, 6.45) is -3.65. The third-order valence-electron chi connectivity index (χ3n) is 3.87. The van der Waals surface area contributed by atoms with E-state index in [0.29, 0.717) is 24.3 Å². The Balaban J connectivity index is 1.85. The summed E-state index contributed by atoms with van der Waals surface area (Å²) in [5.41, 5.74) is 5.98. The van der Waals surface area contributed by atoms with Crippen molar-refractivity contribution in [1.82, 2.24) is 5.32 Å². The van der Waals surface area contributed by atoms with Gasteiger partial charge in [0.15, 0.2) is 0 Å². The number of nitrogens with one attached hydrogen (secondary N) is 1. The molecule has 1 atom stereocenters. The van der Waals surface area contributed by atoms with Crippen molar-refractivity contribution in [2.24, 2.45) is 5.73 Å². The molecule has 0 aliphatic rings. The summed E-state index contributed by atoms with van der Waals surface area (Å²) in [7, 11) is 0. The number of primary amides is 1. The van der Waals surface area contributed by atoms with Crippen LogP contribution in [0.1, 0.15) is 23.6 Å². The van der Waals surface area contributed by atoms with Crippen molar-refractivity contribution >= 4 is 5.91 Å². The van der Waals surface area contributed by atoms with Crippen LogP contribution in [-0.2, 0) is 24.0 Å². The molecular formula is C19H21F3N2O2. The fourth-order valence-corrected chi connectivity index (χ4v) is 2.29. The zero-order valence-electron chi connectivity index (χ0n) is 14.3. The average Bonchev–Trinajstić information content (AvgIpc) is 2.60. The lowest BCUT2D eigenvalue weighted by Gasteiger charge is -2.11. The number of benzene rings is 2. The van der Waals surface area contributed by atoms with Crippen LogP contribution in [-0.4, -0.2) is 18.5 Å². The molecule has 7 heteroatoms. The minimum Gasteiger partial charge on any atom is -0.489 e. The summed E-state index contributed by atoms with van der Waals surface area (Å²) in [4.78, 5) is 10.9.